The lowest BCUT2D eigenvalue weighted by Crippen LogP contribution is -2.08. The van der Waals surface area contributed by atoms with Gasteiger partial charge < -0.3 is 19.2 Å². The third-order valence-corrected chi connectivity index (χ3v) is 4.78. The number of allylic oxidation sites excluding steroid dienone is 1. The van der Waals surface area contributed by atoms with Crippen LogP contribution in [0.15, 0.2) is 30.3 Å². The zero-order chi connectivity index (χ0) is 20.3. The van der Waals surface area contributed by atoms with Gasteiger partial charge in [-0.25, -0.2) is 4.98 Å². The lowest BCUT2D eigenvalue weighted by molar-refractivity contribution is 0.228. The van der Waals surface area contributed by atoms with Crippen molar-refractivity contribution in [2.45, 2.75) is 20.0 Å². The summed E-state index contributed by atoms with van der Waals surface area (Å²) in [6.07, 6.45) is 1.81. The predicted molar refractivity (Wildman–Crippen MR) is 118 cm³/mol. The molecule has 0 amide bonds. The molecular formula is C21H20IN3O3. The van der Waals surface area contributed by atoms with Crippen molar-refractivity contribution < 1.29 is 14.2 Å². The van der Waals surface area contributed by atoms with Crippen LogP contribution in [0.25, 0.3) is 22.7 Å². The summed E-state index contributed by atoms with van der Waals surface area (Å²) in [5.74, 6) is 2.55. The van der Waals surface area contributed by atoms with Gasteiger partial charge in [-0.15, -0.1) is 0 Å². The number of methoxy groups -OCH3 is 2. The van der Waals surface area contributed by atoms with Crippen LogP contribution in [0, 0.1) is 14.9 Å². The van der Waals surface area contributed by atoms with Crippen LogP contribution in [0.4, 0.5) is 0 Å². The van der Waals surface area contributed by atoms with E-state index in [1.807, 2.05) is 44.2 Å². The number of fused-ring (bicyclic) bond motifs is 1. The quantitative estimate of drug-likeness (QED) is 0.388. The van der Waals surface area contributed by atoms with Crippen molar-refractivity contribution in [2.75, 3.05) is 14.2 Å². The number of aromatic nitrogens is 2. The molecule has 7 heteroatoms. The van der Waals surface area contributed by atoms with Crippen molar-refractivity contribution in [1.82, 2.24) is 9.97 Å². The van der Waals surface area contributed by atoms with Crippen molar-refractivity contribution in [3.63, 3.8) is 0 Å². The van der Waals surface area contributed by atoms with Gasteiger partial charge in [0.1, 0.15) is 17.6 Å². The van der Waals surface area contributed by atoms with Crippen LogP contribution in [-0.2, 0) is 0 Å². The molecule has 0 saturated heterocycles. The van der Waals surface area contributed by atoms with E-state index in [0.717, 1.165) is 25.9 Å². The van der Waals surface area contributed by atoms with Crippen molar-refractivity contribution in [3.05, 3.63) is 45.3 Å². The number of ether oxygens (including phenoxy) is 3. The highest BCUT2D eigenvalue weighted by atomic mass is 127. The summed E-state index contributed by atoms with van der Waals surface area (Å²) in [5.41, 5.74) is 2.82. The first-order valence-electron chi connectivity index (χ1n) is 8.65. The van der Waals surface area contributed by atoms with E-state index in [0.29, 0.717) is 22.9 Å². The van der Waals surface area contributed by atoms with Crippen LogP contribution in [0.3, 0.4) is 0 Å². The van der Waals surface area contributed by atoms with Crippen molar-refractivity contribution in [3.8, 4) is 23.3 Å². The minimum atomic E-state index is 0.0333. The first-order chi connectivity index (χ1) is 13.4. The molecule has 0 saturated carbocycles. The monoisotopic (exact) mass is 489 g/mol. The largest absolute Gasteiger partial charge is 0.497 e. The number of halogens is 1. The standard InChI is InChI=1S/C21H20IN3O3/c1-12(2)28-20-16(22)8-13(9-19(20)27-4)7-14(11-23)21-24-17-6-5-15(26-3)10-18(17)25-21/h5-10,12H,1-4H3,(H,24,25)/b14-7-. The van der Waals surface area contributed by atoms with Crippen LogP contribution in [0.1, 0.15) is 25.2 Å². The molecule has 0 bridgehead atoms. The summed E-state index contributed by atoms with van der Waals surface area (Å²) >= 11 is 2.21. The van der Waals surface area contributed by atoms with E-state index >= 15 is 0 Å². The van der Waals surface area contributed by atoms with Gasteiger partial charge in [0.25, 0.3) is 0 Å². The van der Waals surface area contributed by atoms with Crippen molar-refractivity contribution in [1.29, 1.82) is 5.26 Å². The Morgan fingerprint density at radius 3 is 2.64 bits per heavy atom. The molecule has 0 aliphatic carbocycles. The SMILES string of the molecule is COc1ccc2nc(/C(C#N)=C\c3cc(I)c(OC(C)C)c(OC)c3)[nH]c2c1. The molecule has 1 N–H and O–H groups in total. The van der Waals surface area contributed by atoms with Crippen LogP contribution in [-0.4, -0.2) is 30.3 Å². The number of nitrogens with zero attached hydrogens (tertiary/aromatic N) is 2. The van der Waals surface area contributed by atoms with Gasteiger partial charge in [0.15, 0.2) is 11.5 Å². The van der Waals surface area contributed by atoms with Gasteiger partial charge in [0, 0.05) is 6.07 Å². The maximum atomic E-state index is 9.68. The molecule has 0 aliphatic rings. The van der Waals surface area contributed by atoms with Gasteiger partial charge in [-0.3, -0.25) is 0 Å². The molecule has 3 rings (SSSR count). The van der Waals surface area contributed by atoms with E-state index in [4.69, 9.17) is 14.2 Å². The molecule has 0 spiro atoms. The zero-order valence-electron chi connectivity index (χ0n) is 16.0. The highest BCUT2D eigenvalue weighted by Gasteiger charge is 2.14. The molecule has 28 heavy (non-hydrogen) atoms. The average molecular weight is 489 g/mol. The molecule has 0 radical (unpaired) electrons. The fraction of sp³-hybridized carbons (Fsp3) is 0.238. The Kier molecular flexibility index (Phi) is 6.09. The van der Waals surface area contributed by atoms with Crippen LogP contribution in [0.5, 0.6) is 17.2 Å². The topological polar surface area (TPSA) is 80.2 Å². The summed E-state index contributed by atoms with van der Waals surface area (Å²) in [4.78, 5) is 7.70. The highest BCUT2D eigenvalue weighted by molar-refractivity contribution is 14.1. The summed E-state index contributed by atoms with van der Waals surface area (Å²) < 4.78 is 17.5. The molecule has 2 aromatic carbocycles. The summed E-state index contributed by atoms with van der Waals surface area (Å²) in [7, 11) is 3.21. The second-order valence-corrected chi connectivity index (χ2v) is 7.50. The zero-order valence-corrected chi connectivity index (χ0v) is 18.2. The molecule has 0 aliphatic heterocycles. The Morgan fingerprint density at radius 2 is 2.00 bits per heavy atom. The third-order valence-electron chi connectivity index (χ3n) is 3.98. The molecule has 144 valence electrons. The first kappa shape index (κ1) is 20.0. The van der Waals surface area contributed by atoms with Gasteiger partial charge in [-0.2, -0.15) is 5.26 Å². The summed E-state index contributed by atoms with van der Waals surface area (Å²) in [6, 6.07) is 11.6. The van der Waals surface area contributed by atoms with Crippen LogP contribution >= 0.6 is 22.6 Å². The lowest BCUT2D eigenvalue weighted by atomic mass is 10.1. The van der Waals surface area contributed by atoms with Gasteiger partial charge in [0.05, 0.1) is 40.5 Å². The molecular weight excluding hydrogens is 469 g/mol. The van der Waals surface area contributed by atoms with Gasteiger partial charge in [0.2, 0.25) is 0 Å². The minimum Gasteiger partial charge on any atom is -0.497 e. The molecule has 0 fully saturated rings. The molecule has 6 nitrogen and oxygen atoms in total. The number of nitrogens with one attached hydrogen (secondary N) is 1. The number of hydrogen-bond acceptors (Lipinski definition) is 5. The minimum absolute atomic E-state index is 0.0333. The van der Waals surface area contributed by atoms with Crippen LogP contribution < -0.4 is 14.2 Å². The van der Waals surface area contributed by atoms with E-state index in [1.54, 1.807) is 20.3 Å². The number of H-pyrrole nitrogens is 1. The second kappa shape index (κ2) is 8.52. The number of nitriles is 1. The second-order valence-electron chi connectivity index (χ2n) is 6.34. The van der Waals surface area contributed by atoms with Gasteiger partial charge in [-0.05, 0) is 72.3 Å². The lowest BCUT2D eigenvalue weighted by Gasteiger charge is -2.16. The number of rotatable bonds is 6. The summed E-state index contributed by atoms with van der Waals surface area (Å²) in [6.45, 7) is 3.93. The highest BCUT2D eigenvalue weighted by Crippen LogP contribution is 2.35. The third kappa shape index (κ3) is 4.22. The Balaban J connectivity index is 2.03. The van der Waals surface area contributed by atoms with E-state index in [1.165, 1.54) is 0 Å². The number of aromatic amines is 1. The summed E-state index contributed by atoms with van der Waals surface area (Å²) in [5, 5.41) is 9.68. The normalized spacial score (nSPS) is 11.5. The first-order valence-corrected chi connectivity index (χ1v) is 9.73. The number of benzene rings is 2. The smallest absolute Gasteiger partial charge is 0.174 e. The Labute approximate surface area is 177 Å². The van der Waals surface area contributed by atoms with E-state index in [-0.39, 0.29) is 6.10 Å². The van der Waals surface area contributed by atoms with E-state index in [2.05, 4.69) is 38.6 Å². The molecule has 3 aromatic rings. The predicted octanol–water partition coefficient (Wildman–Crippen LogP) is 5.04. The number of hydrogen-bond donors (Lipinski definition) is 1. The maximum Gasteiger partial charge on any atom is 0.174 e. The van der Waals surface area contributed by atoms with Gasteiger partial charge in [-0.1, -0.05) is 0 Å². The van der Waals surface area contributed by atoms with E-state index in [9.17, 15) is 5.26 Å². The van der Waals surface area contributed by atoms with Gasteiger partial charge >= 0.3 is 0 Å². The Bertz CT molecular complexity index is 1080. The molecule has 0 atom stereocenters. The van der Waals surface area contributed by atoms with Crippen molar-refractivity contribution >= 4 is 45.3 Å². The Hall–Kier alpha value is -2.73. The van der Waals surface area contributed by atoms with E-state index < -0.39 is 0 Å². The van der Waals surface area contributed by atoms with Crippen molar-refractivity contribution in [2.24, 2.45) is 0 Å². The molecule has 0 unspecified atom stereocenters. The fourth-order valence-corrected chi connectivity index (χ4v) is 3.49. The average Bonchev–Trinajstić information content (AvgIpc) is 3.10. The Morgan fingerprint density at radius 1 is 1.21 bits per heavy atom. The fourth-order valence-electron chi connectivity index (χ4n) is 2.74. The maximum absolute atomic E-state index is 9.68. The molecule has 1 heterocycles. The van der Waals surface area contributed by atoms with Crippen LogP contribution in [0.2, 0.25) is 0 Å². The number of imidazole rings is 1. The molecule has 1 aromatic heterocycles.